The maximum Gasteiger partial charge on any atom is 0.462 e. The van der Waals surface area contributed by atoms with Crippen LogP contribution in [0.15, 0.2) is 91.0 Å². The first-order chi connectivity index (χ1) is 17.7. The minimum atomic E-state index is -1.20. The van der Waals surface area contributed by atoms with E-state index >= 15 is 0 Å². The maximum atomic E-state index is 14.3. The molecule has 0 bridgehead atoms. The van der Waals surface area contributed by atoms with Gasteiger partial charge in [-0.25, -0.2) is 0 Å². The molecule has 2 fully saturated rings. The highest BCUT2D eigenvalue weighted by atomic mass is 16.7. The maximum absolute atomic E-state index is 14.3. The molecule has 5 nitrogen and oxygen atoms in total. The van der Waals surface area contributed by atoms with Crippen molar-refractivity contribution in [1.29, 1.82) is 0 Å². The van der Waals surface area contributed by atoms with Gasteiger partial charge in [-0.1, -0.05) is 91.0 Å². The molecule has 1 N–H and O–H groups in total. The zero-order chi connectivity index (χ0) is 26.3. The van der Waals surface area contributed by atoms with E-state index in [1.807, 2.05) is 119 Å². The first-order valence-corrected chi connectivity index (χ1v) is 13.1. The number of rotatable bonds is 7. The molecule has 1 aliphatic heterocycles. The van der Waals surface area contributed by atoms with Gasteiger partial charge >= 0.3 is 13.1 Å². The van der Waals surface area contributed by atoms with E-state index in [9.17, 15) is 9.90 Å². The Kier molecular flexibility index (Phi) is 6.78. The van der Waals surface area contributed by atoms with E-state index in [0.717, 1.165) is 11.1 Å². The molecule has 2 aliphatic rings. The summed E-state index contributed by atoms with van der Waals surface area (Å²) in [4.78, 5) is 14.3. The Morgan fingerprint density at radius 3 is 1.65 bits per heavy atom. The zero-order valence-corrected chi connectivity index (χ0v) is 22.0. The van der Waals surface area contributed by atoms with Gasteiger partial charge in [-0.2, -0.15) is 0 Å². The van der Waals surface area contributed by atoms with Gasteiger partial charge in [0.2, 0.25) is 0 Å². The number of carbonyl (C=O) groups is 1. The van der Waals surface area contributed by atoms with E-state index in [1.54, 1.807) is 0 Å². The van der Waals surface area contributed by atoms with E-state index in [4.69, 9.17) is 14.0 Å². The first-order valence-electron chi connectivity index (χ1n) is 13.1. The van der Waals surface area contributed by atoms with Crippen LogP contribution in [0.2, 0.25) is 5.82 Å². The van der Waals surface area contributed by atoms with Crippen molar-refractivity contribution >= 4 is 13.1 Å². The number of esters is 1. The Balaban J connectivity index is 1.53. The molecule has 0 amide bonds. The van der Waals surface area contributed by atoms with Crippen molar-refractivity contribution in [3.8, 4) is 0 Å². The van der Waals surface area contributed by atoms with Crippen molar-refractivity contribution in [1.82, 2.24) is 0 Å². The Morgan fingerprint density at radius 1 is 0.811 bits per heavy atom. The number of benzene rings is 3. The van der Waals surface area contributed by atoms with Crippen LogP contribution in [0.5, 0.6) is 0 Å². The van der Waals surface area contributed by atoms with Crippen molar-refractivity contribution in [3.05, 3.63) is 108 Å². The smallest absolute Gasteiger partial charge is 0.452 e. The SMILES string of the molecule is CC1(C)OB([C@H]2CC[C@]2(C(=O)OC(c2ccccc2)c2ccccc2)[C@H](O)c2ccccc2)OC1(C)C. The molecule has 3 atom stereocenters. The number of carbonyl (C=O) groups excluding carboxylic acids is 1. The summed E-state index contributed by atoms with van der Waals surface area (Å²) < 4.78 is 19.1. The lowest BCUT2D eigenvalue weighted by Gasteiger charge is -2.51. The second kappa shape index (κ2) is 9.75. The van der Waals surface area contributed by atoms with Crippen LogP contribution in [0.1, 0.15) is 69.4 Å². The van der Waals surface area contributed by atoms with E-state index in [2.05, 4.69) is 0 Å². The Labute approximate surface area is 219 Å². The highest BCUT2D eigenvalue weighted by molar-refractivity contribution is 6.48. The molecule has 1 heterocycles. The quantitative estimate of drug-likeness (QED) is 0.306. The van der Waals surface area contributed by atoms with Crippen molar-refractivity contribution in [2.24, 2.45) is 5.41 Å². The minimum absolute atomic E-state index is 0.358. The molecule has 0 radical (unpaired) electrons. The van der Waals surface area contributed by atoms with Crippen LogP contribution >= 0.6 is 0 Å². The molecule has 37 heavy (non-hydrogen) atoms. The highest BCUT2D eigenvalue weighted by Gasteiger charge is 2.67. The first kappa shape index (κ1) is 25.7. The molecule has 5 rings (SSSR count). The Hall–Kier alpha value is -2.93. The number of ether oxygens (including phenoxy) is 1. The second-order valence-corrected chi connectivity index (χ2v) is 11.2. The monoisotopic (exact) mass is 498 g/mol. The summed E-state index contributed by atoms with van der Waals surface area (Å²) in [5, 5.41) is 11.8. The summed E-state index contributed by atoms with van der Waals surface area (Å²) in [5.74, 6) is -0.795. The summed E-state index contributed by atoms with van der Waals surface area (Å²) in [7, 11) is -0.628. The van der Waals surface area contributed by atoms with E-state index < -0.39 is 41.9 Å². The Morgan fingerprint density at radius 2 is 1.24 bits per heavy atom. The van der Waals surface area contributed by atoms with Crippen LogP contribution in [0.4, 0.5) is 0 Å². The van der Waals surface area contributed by atoms with Crippen LogP contribution in [0.3, 0.4) is 0 Å². The van der Waals surface area contributed by atoms with E-state index in [1.165, 1.54) is 0 Å². The summed E-state index contributed by atoms with van der Waals surface area (Å²) >= 11 is 0. The molecule has 0 aromatic heterocycles. The number of hydrogen-bond acceptors (Lipinski definition) is 5. The predicted octanol–water partition coefficient (Wildman–Crippen LogP) is 6.30. The largest absolute Gasteiger partial charge is 0.462 e. The molecular formula is C31H35BO5. The zero-order valence-electron chi connectivity index (χ0n) is 22.0. The van der Waals surface area contributed by atoms with Crippen molar-refractivity contribution < 1.29 is 23.9 Å². The van der Waals surface area contributed by atoms with Crippen LogP contribution in [0, 0.1) is 5.41 Å². The lowest BCUT2D eigenvalue weighted by atomic mass is 9.43. The van der Waals surface area contributed by atoms with Gasteiger partial charge in [-0.05, 0) is 57.2 Å². The van der Waals surface area contributed by atoms with Crippen LogP contribution in [-0.2, 0) is 18.8 Å². The summed E-state index contributed by atoms with van der Waals surface area (Å²) in [5.41, 5.74) is 0.131. The topological polar surface area (TPSA) is 65.0 Å². The van der Waals surface area contributed by atoms with Gasteiger partial charge in [0.15, 0.2) is 6.10 Å². The fraction of sp³-hybridized carbons (Fsp3) is 0.387. The predicted molar refractivity (Wildman–Crippen MR) is 144 cm³/mol. The summed E-state index contributed by atoms with van der Waals surface area (Å²) in [6.45, 7) is 8.00. The lowest BCUT2D eigenvalue weighted by Crippen LogP contribution is -2.55. The van der Waals surface area contributed by atoms with Gasteiger partial charge in [-0.3, -0.25) is 4.79 Å². The van der Waals surface area contributed by atoms with Crippen molar-refractivity contribution in [2.75, 3.05) is 0 Å². The molecule has 0 spiro atoms. The molecule has 0 unspecified atom stereocenters. The molecule has 3 aromatic rings. The van der Waals surface area contributed by atoms with Gasteiger partial charge in [0.05, 0.1) is 22.7 Å². The van der Waals surface area contributed by atoms with E-state index in [0.29, 0.717) is 18.4 Å². The average Bonchev–Trinajstić information content (AvgIpc) is 3.09. The average molecular weight is 498 g/mol. The molecule has 1 aliphatic carbocycles. The normalized spacial score (nSPS) is 24.9. The van der Waals surface area contributed by atoms with Crippen LogP contribution in [0.25, 0.3) is 0 Å². The third-order valence-corrected chi connectivity index (χ3v) is 8.54. The van der Waals surface area contributed by atoms with Gasteiger partial charge in [0, 0.05) is 5.82 Å². The molecule has 1 saturated carbocycles. The van der Waals surface area contributed by atoms with Crippen molar-refractivity contribution in [3.63, 3.8) is 0 Å². The fourth-order valence-electron chi connectivity index (χ4n) is 5.49. The standard InChI is InChI=1S/C31H35BO5/c1-29(2)30(3,4)37-32(36-29)25-20-21-31(25,27(33)24-18-12-7-13-19-24)28(34)35-26(22-14-8-5-9-15-22)23-16-10-6-11-17-23/h5-19,25-27,33H,20-21H2,1-4H3/t25-,27+,31+/m0/s1. The molecule has 6 heteroatoms. The van der Waals surface area contributed by atoms with Crippen molar-refractivity contribution in [2.45, 2.75) is 69.8 Å². The molecular weight excluding hydrogens is 463 g/mol. The number of hydrogen-bond donors (Lipinski definition) is 1. The third-order valence-electron chi connectivity index (χ3n) is 8.54. The third kappa shape index (κ3) is 4.52. The van der Waals surface area contributed by atoms with E-state index in [-0.39, 0.29) is 5.82 Å². The van der Waals surface area contributed by atoms with Gasteiger partial charge in [0.25, 0.3) is 0 Å². The Bertz CT molecular complexity index is 1160. The number of aliphatic hydroxyl groups excluding tert-OH is 1. The molecule has 1 saturated heterocycles. The molecule has 3 aromatic carbocycles. The fourth-order valence-corrected chi connectivity index (χ4v) is 5.49. The van der Waals surface area contributed by atoms with Gasteiger partial charge in [0.1, 0.15) is 0 Å². The van der Waals surface area contributed by atoms with Crippen LogP contribution in [-0.4, -0.2) is 29.4 Å². The molecule has 192 valence electrons. The highest BCUT2D eigenvalue weighted by Crippen LogP contribution is 2.63. The number of aliphatic hydroxyl groups is 1. The van der Waals surface area contributed by atoms with Gasteiger partial charge < -0.3 is 19.2 Å². The second-order valence-electron chi connectivity index (χ2n) is 11.2. The summed E-state index contributed by atoms with van der Waals surface area (Å²) in [6.07, 6.45) is -0.496. The van der Waals surface area contributed by atoms with Crippen LogP contribution < -0.4 is 0 Å². The lowest BCUT2D eigenvalue weighted by molar-refractivity contribution is -0.178. The van der Waals surface area contributed by atoms with Gasteiger partial charge in [-0.15, -0.1) is 0 Å². The minimum Gasteiger partial charge on any atom is -0.452 e. The summed E-state index contributed by atoms with van der Waals surface area (Å²) in [6, 6.07) is 28.8.